The summed E-state index contributed by atoms with van der Waals surface area (Å²) >= 11 is 0. The van der Waals surface area contributed by atoms with Crippen molar-refractivity contribution in [2.75, 3.05) is 6.61 Å². The van der Waals surface area contributed by atoms with Gasteiger partial charge in [0, 0.05) is 6.61 Å². The SMILES string of the molecule is OCC1CCC(c2cc(OC(F)(F)F)ccc2F)CC1. The van der Waals surface area contributed by atoms with Gasteiger partial charge in [-0.15, -0.1) is 13.2 Å². The van der Waals surface area contributed by atoms with Crippen molar-refractivity contribution >= 4 is 0 Å². The van der Waals surface area contributed by atoms with Crippen molar-refractivity contribution in [1.29, 1.82) is 0 Å². The Kier molecular flexibility index (Phi) is 4.52. The van der Waals surface area contributed by atoms with Gasteiger partial charge in [-0.3, -0.25) is 0 Å². The Morgan fingerprint density at radius 3 is 2.35 bits per heavy atom. The van der Waals surface area contributed by atoms with Crippen LogP contribution in [0, 0.1) is 11.7 Å². The lowest BCUT2D eigenvalue weighted by Gasteiger charge is -2.28. The number of hydrogen-bond acceptors (Lipinski definition) is 2. The minimum absolute atomic E-state index is 0.104. The average Bonchev–Trinajstić information content (AvgIpc) is 2.40. The lowest BCUT2D eigenvalue weighted by Crippen LogP contribution is -2.19. The summed E-state index contributed by atoms with van der Waals surface area (Å²) in [5.41, 5.74) is 0.267. The molecular weight excluding hydrogens is 276 g/mol. The van der Waals surface area contributed by atoms with Crippen molar-refractivity contribution < 1.29 is 27.4 Å². The molecule has 6 heteroatoms. The number of benzene rings is 1. The number of aliphatic hydroxyl groups is 1. The molecule has 112 valence electrons. The molecule has 1 saturated carbocycles. The van der Waals surface area contributed by atoms with Gasteiger partial charge in [0.25, 0.3) is 0 Å². The highest BCUT2D eigenvalue weighted by Crippen LogP contribution is 2.38. The summed E-state index contributed by atoms with van der Waals surface area (Å²) in [4.78, 5) is 0. The van der Waals surface area contributed by atoms with Crippen LogP contribution in [0.1, 0.15) is 37.2 Å². The van der Waals surface area contributed by atoms with Gasteiger partial charge in [-0.1, -0.05) is 0 Å². The molecule has 1 fully saturated rings. The standard InChI is InChI=1S/C14H16F4O2/c15-13-6-5-11(20-14(16,17)18)7-12(13)10-3-1-9(8-19)2-4-10/h5-7,9-10,19H,1-4,8H2. The summed E-state index contributed by atoms with van der Waals surface area (Å²) in [7, 11) is 0. The van der Waals surface area contributed by atoms with Gasteiger partial charge in [0.05, 0.1) is 0 Å². The van der Waals surface area contributed by atoms with E-state index >= 15 is 0 Å². The molecule has 0 unspecified atom stereocenters. The van der Waals surface area contributed by atoms with Crippen LogP contribution in [0.15, 0.2) is 18.2 Å². The van der Waals surface area contributed by atoms with E-state index in [4.69, 9.17) is 5.11 Å². The predicted molar refractivity (Wildman–Crippen MR) is 64.9 cm³/mol. The average molecular weight is 292 g/mol. The Labute approximate surface area is 114 Å². The Balaban J connectivity index is 2.13. The minimum atomic E-state index is -4.77. The number of ether oxygens (including phenoxy) is 1. The fourth-order valence-corrected chi connectivity index (χ4v) is 2.69. The second kappa shape index (κ2) is 5.99. The monoisotopic (exact) mass is 292 g/mol. The third-order valence-corrected chi connectivity index (χ3v) is 3.75. The number of rotatable bonds is 3. The van der Waals surface area contributed by atoms with E-state index < -0.39 is 17.9 Å². The van der Waals surface area contributed by atoms with Crippen LogP contribution in [-0.4, -0.2) is 18.1 Å². The van der Waals surface area contributed by atoms with Crippen LogP contribution < -0.4 is 4.74 Å². The van der Waals surface area contributed by atoms with Crippen LogP contribution in [0.4, 0.5) is 17.6 Å². The highest BCUT2D eigenvalue weighted by atomic mass is 19.4. The molecule has 0 saturated heterocycles. The fraction of sp³-hybridized carbons (Fsp3) is 0.571. The van der Waals surface area contributed by atoms with Crippen LogP contribution in [0.5, 0.6) is 5.75 Å². The predicted octanol–water partition coefficient (Wildman–Crippen LogP) is 3.99. The molecule has 2 rings (SSSR count). The van der Waals surface area contributed by atoms with E-state index in [-0.39, 0.29) is 24.0 Å². The second-order valence-corrected chi connectivity index (χ2v) is 5.13. The topological polar surface area (TPSA) is 29.5 Å². The smallest absolute Gasteiger partial charge is 0.406 e. The molecule has 2 nitrogen and oxygen atoms in total. The summed E-state index contributed by atoms with van der Waals surface area (Å²) in [6, 6.07) is 3.12. The van der Waals surface area contributed by atoms with Crippen LogP contribution in [-0.2, 0) is 0 Å². The largest absolute Gasteiger partial charge is 0.573 e. The summed E-state index contributed by atoms with van der Waals surface area (Å²) in [5, 5.41) is 9.06. The van der Waals surface area contributed by atoms with E-state index in [9.17, 15) is 17.6 Å². The quantitative estimate of drug-likeness (QED) is 0.854. The van der Waals surface area contributed by atoms with Crippen molar-refractivity contribution in [2.24, 2.45) is 5.92 Å². The van der Waals surface area contributed by atoms with Crippen molar-refractivity contribution in [2.45, 2.75) is 38.0 Å². The van der Waals surface area contributed by atoms with Gasteiger partial charge in [0.2, 0.25) is 0 Å². The van der Waals surface area contributed by atoms with Crippen molar-refractivity contribution in [3.8, 4) is 5.75 Å². The maximum Gasteiger partial charge on any atom is 0.573 e. The van der Waals surface area contributed by atoms with Crippen molar-refractivity contribution in [3.63, 3.8) is 0 Å². The molecule has 1 N–H and O–H groups in total. The summed E-state index contributed by atoms with van der Waals surface area (Å²) < 4.78 is 54.1. The van der Waals surface area contributed by atoms with Crippen LogP contribution in [0.3, 0.4) is 0 Å². The van der Waals surface area contributed by atoms with E-state index in [2.05, 4.69) is 4.74 Å². The number of halogens is 4. The highest BCUT2D eigenvalue weighted by Gasteiger charge is 2.32. The van der Waals surface area contributed by atoms with Gasteiger partial charge in [0.1, 0.15) is 11.6 Å². The molecule has 0 atom stereocenters. The molecule has 0 radical (unpaired) electrons. The van der Waals surface area contributed by atoms with E-state index in [1.807, 2.05) is 0 Å². The van der Waals surface area contributed by atoms with Gasteiger partial charge >= 0.3 is 6.36 Å². The zero-order valence-corrected chi connectivity index (χ0v) is 10.8. The molecule has 0 spiro atoms. The van der Waals surface area contributed by atoms with Gasteiger partial charge in [-0.25, -0.2) is 4.39 Å². The summed E-state index contributed by atoms with van der Waals surface area (Å²) in [6.07, 6.45) is -1.94. The maximum absolute atomic E-state index is 13.8. The molecule has 1 aromatic carbocycles. The maximum atomic E-state index is 13.8. The molecule has 0 bridgehead atoms. The zero-order chi connectivity index (χ0) is 14.8. The Morgan fingerprint density at radius 1 is 1.15 bits per heavy atom. The fourth-order valence-electron chi connectivity index (χ4n) is 2.69. The number of aliphatic hydroxyl groups excluding tert-OH is 1. The lowest BCUT2D eigenvalue weighted by atomic mass is 9.79. The van der Waals surface area contributed by atoms with Gasteiger partial charge < -0.3 is 9.84 Å². The van der Waals surface area contributed by atoms with E-state index in [1.54, 1.807) is 0 Å². The Morgan fingerprint density at radius 2 is 1.80 bits per heavy atom. The molecule has 0 amide bonds. The van der Waals surface area contributed by atoms with Gasteiger partial charge in [-0.2, -0.15) is 0 Å². The molecule has 0 aliphatic heterocycles. The van der Waals surface area contributed by atoms with Gasteiger partial charge in [-0.05, 0) is 61.3 Å². The van der Waals surface area contributed by atoms with E-state index in [0.717, 1.165) is 31.0 Å². The Hall–Kier alpha value is -1.30. The van der Waals surface area contributed by atoms with Crippen LogP contribution in [0.25, 0.3) is 0 Å². The van der Waals surface area contributed by atoms with Crippen LogP contribution in [0.2, 0.25) is 0 Å². The first kappa shape index (κ1) is 15.1. The molecule has 1 aromatic rings. The number of hydrogen-bond donors (Lipinski definition) is 1. The van der Waals surface area contributed by atoms with E-state index in [1.165, 1.54) is 0 Å². The Bertz CT molecular complexity index is 451. The highest BCUT2D eigenvalue weighted by molar-refractivity contribution is 5.32. The first-order valence-electron chi connectivity index (χ1n) is 6.55. The molecule has 0 heterocycles. The third kappa shape index (κ3) is 3.85. The first-order valence-corrected chi connectivity index (χ1v) is 6.55. The molecule has 1 aliphatic rings. The molecule has 1 aliphatic carbocycles. The van der Waals surface area contributed by atoms with Crippen molar-refractivity contribution in [3.05, 3.63) is 29.6 Å². The van der Waals surface area contributed by atoms with Gasteiger partial charge in [0.15, 0.2) is 0 Å². The van der Waals surface area contributed by atoms with E-state index in [0.29, 0.717) is 12.8 Å². The first-order chi connectivity index (χ1) is 9.39. The van der Waals surface area contributed by atoms with Crippen molar-refractivity contribution in [1.82, 2.24) is 0 Å². The minimum Gasteiger partial charge on any atom is -0.406 e. The zero-order valence-electron chi connectivity index (χ0n) is 10.8. The molecule has 20 heavy (non-hydrogen) atoms. The third-order valence-electron chi connectivity index (χ3n) is 3.75. The normalized spacial score (nSPS) is 23.6. The van der Waals surface area contributed by atoms with Crippen LogP contribution >= 0.6 is 0 Å². The number of alkyl halides is 3. The molecule has 0 aromatic heterocycles. The second-order valence-electron chi connectivity index (χ2n) is 5.13. The summed E-state index contributed by atoms with van der Waals surface area (Å²) in [6.45, 7) is 0.104. The summed E-state index contributed by atoms with van der Waals surface area (Å²) in [5.74, 6) is -0.802. The lowest BCUT2D eigenvalue weighted by molar-refractivity contribution is -0.274. The molecular formula is C14H16F4O2.